The lowest BCUT2D eigenvalue weighted by molar-refractivity contribution is -0.124. The first-order valence-corrected chi connectivity index (χ1v) is 14.8. The third kappa shape index (κ3) is 10.3. The number of hydrogen-bond donors (Lipinski definition) is 4. The van der Waals surface area contributed by atoms with Gasteiger partial charge in [-0.15, -0.1) is 11.3 Å². The van der Waals surface area contributed by atoms with Crippen LogP contribution in [-0.4, -0.2) is 41.6 Å². The topological polar surface area (TPSA) is 147 Å². The summed E-state index contributed by atoms with van der Waals surface area (Å²) in [5.41, 5.74) is 2.04. The van der Waals surface area contributed by atoms with Gasteiger partial charge in [-0.3, -0.25) is 14.1 Å². The number of carbonyl (C=O) groups is 2. The minimum absolute atomic E-state index is 0.203. The fourth-order valence-corrected chi connectivity index (χ4v) is 5.11. The van der Waals surface area contributed by atoms with E-state index in [4.69, 9.17) is 9.29 Å². The van der Waals surface area contributed by atoms with E-state index in [9.17, 15) is 18.0 Å². The number of thiazole rings is 1. The van der Waals surface area contributed by atoms with Crippen LogP contribution in [0.2, 0.25) is 0 Å². The molecule has 2 amide bonds. The minimum Gasteiger partial charge on any atom is -0.444 e. The van der Waals surface area contributed by atoms with Crippen molar-refractivity contribution in [1.29, 1.82) is 0 Å². The van der Waals surface area contributed by atoms with Crippen LogP contribution in [0.4, 0.5) is 10.5 Å². The van der Waals surface area contributed by atoms with Crippen LogP contribution < -0.4 is 15.4 Å². The second kappa shape index (κ2) is 13.0. The highest BCUT2D eigenvalue weighted by atomic mass is 32.2. The molecule has 0 spiro atoms. The van der Waals surface area contributed by atoms with Crippen molar-refractivity contribution in [2.75, 3.05) is 4.72 Å². The van der Waals surface area contributed by atoms with Gasteiger partial charge in [0.2, 0.25) is 5.91 Å². The Hall–Kier alpha value is -3.48. The molecule has 1 aromatic heterocycles. The number of rotatable bonds is 11. The molecule has 0 radical (unpaired) electrons. The molecule has 0 unspecified atom stereocenters. The number of aryl methyl sites for hydroxylation is 1. The van der Waals surface area contributed by atoms with E-state index < -0.39 is 40.0 Å². The zero-order chi connectivity index (χ0) is 28.6. The average Bonchev–Trinajstić information content (AvgIpc) is 3.32. The van der Waals surface area contributed by atoms with E-state index in [1.54, 1.807) is 32.9 Å². The summed E-state index contributed by atoms with van der Waals surface area (Å²) in [6, 6.07) is 14.4. The maximum absolute atomic E-state index is 13.6. The van der Waals surface area contributed by atoms with Crippen LogP contribution in [0.15, 0.2) is 60.0 Å². The van der Waals surface area contributed by atoms with Gasteiger partial charge in [-0.2, -0.15) is 8.42 Å². The Balaban J connectivity index is 1.84. The zero-order valence-electron chi connectivity index (χ0n) is 22.3. The number of aromatic nitrogens is 1. The van der Waals surface area contributed by atoms with Crippen LogP contribution in [0.3, 0.4) is 0 Å². The summed E-state index contributed by atoms with van der Waals surface area (Å²) in [5, 5.41) is 8.40. The number of nitrogens with zero attached hydrogens (tertiary/aromatic N) is 1. The lowest BCUT2D eigenvalue weighted by Gasteiger charge is -2.25. The van der Waals surface area contributed by atoms with Gasteiger partial charge in [0.05, 0.1) is 17.4 Å². The summed E-state index contributed by atoms with van der Waals surface area (Å²) < 4.78 is 38.6. The van der Waals surface area contributed by atoms with Crippen LogP contribution in [0.25, 0.3) is 0 Å². The smallest absolute Gasteiger partial charge is 0.408 e. The Bertz CT molecular complexity index is 1350. The molecule has 2 aromatic carbocycles. The maximum atomic E-state index is 13.6. The number of ether oxygens (including phenoxy) is 1. The van der Waals surface area contributed by atoms with Crippen molar-refractivity contribution in [2.45, 2.75) is 64.6 Å². The third-order valence-corrected chi connectivity index (χ3v) is 6.98. The Labute approximate surface area is 233 Å². The van der Waals surface area contributed by atoms with E-state index in [1.165, 1.54) is 23.5 Å². The van der Waals surface area contributed by atoms with Crippen molar-refractivity contribution in [3.63, 3.8) is 0 Å². The number of carbonyl (C=O) groups excluding carboxylic acids is 2. The molecule has 0 aliphatic heterocycles. The number of benzene rings is 2. The zero-order valence-corrected chi connectivity index (χ0v) is 23.9. The molecule has 1 heterocycles. The number of amides is 2. The number of hydrogen-bond acceptors (Lipinski definition) is 7. The van der Waals surface area contributed by atoms with Crippen molar-refractivity contribution in [1.82, 2.24) is 15.6 Å². The molecule has 0 aliphatic rings. The second-order valence-corrected chi connectivity index (χ2v) is 12.0. The number of nitrogens with one attached hydrogen (secondary N) is 3. The van der Waals surface area contributed by atoms with Gasteiger partial charge in [-0.25, -0.2) is 9.78 Å². The Kier molecular flexibility index (Phi) is 10.1. The first-order valence-electron chi connectivity index (χ1n) is 12.4. The van der Waals surface area contributed by atoms with E-state index >= 15 is 0 Å². The Morgan fingerprint density at radius 2 is 1.64 bits per heavy atom. The van der Waals surface area contributed by atoms with Gasteiger partial charge in [-0.05, 0) is 56.9 Å². The normalized spacial score (nSPS) is 13.3. The number of alkyl carbamates (subject to hydrolysis) is 1. The fourth-order valence-electron chi connectivity index (χ4n) is 3.72. The van der Waals surface area contributed by atoms with E-state index in [2.05, 4.69) is 15.6 Å². The summed E-state index contributed by atoms with van der Waals surface area (Å²) in [6.07, 6.45) is 0.662. The first kappa shape index (κ1) is 30.1. The summed E-state index contributed by atoms with van der Waals surface area (Å²) >= 11 is 1.43. The van der Waals surface area contributed by atoms with Crippen molar-refractivity contribution in [3.05, 3.63) is 81.8 Å². The highest BCUT2D eigenvalue weighted by Crippen LogP contribution is 2.24. The van der Waals surface area contributed by atoms with Gasteiger partial charge in [0.15, 0.2) is 0 Å². The molecule has 3 rings (SSSR count). The predicted octanol–water partition coefficient (Wildman–Crippen LogP) is 4.46. The SMILES string of the molecule is CCc1csc([C@H](Cc2ccc(NS(=O)(=O)O)cc2)NC(=O)[C@@H](Cc2ccccc2)NC(=O)OC(C)(C)C)n1. The lowest BCUT2D eigenvalue weighted by atomic mass is 10.0. The van der Waals surface area contributed by atoms with Crippen molar-refractivity contribution in [2.24, 2.45) is 0 Å². The quantitative estimate of drug-likeness (QED) is 0.247. The van der Waals surface area contributed by atoms with E-state index in [0.717, 1.165) is 23.2 Å². The van der Waals surface area contributed by atoms with Crippen molar-refractivity contribution < 1.29 is 27.3 Å². The molecule has 0 aliphatic carbocycles. The Morgan fingerprint density at radius 1 is 1.00 bits per heavy atom. The van der Waals surface area contributed by atoms with E-state index in [-0.39, 0.29) is 12.1 Å². The van der Waals surface area contributed by atoms with Gasteiger partial charge >= 0.3 is 16.4 Å². The standard InChI is InChI=1S/C27H34N4O6S2/c1-5-20-17-38-25(28-20)23(16-19-11-13-21(14-12-19)31-39(34,35)36)29-24(32)22(15-18-9-7-6-8-10-18)30-26(33)37-27(2,3)4/h6-14,17,22-23,31H,5,15-16H2,1-4H3,(H,29,32)(H,30,33)(H,34,35,36)/t22-,23+/m1/s1. The molecule has 210 valence electrons. The van der Waals surface area contributed by atoms with Crippen LogP contribution in [0, 0.1) is 0 Å². The molecule has 10 nitrogen and oxygen atoms in total. The summed E-state index contributed by atoms with van der Waals surface area (Å²) in [4.78, 5) is 30.9. The van der Waals surface area contributed by atoms with E-state index in [1.807, 2.05) is 47.4 Å². The van der Waals surface area contributed by atoms with Gasteiger partial charge in [-0.1, -0.05) is 49.4 Å². The lowest BCUT2D eigenvalue weighted by Crippen LogP contribution is -2.50. The van der Waals surface area contributed by atoms with Crippen LogP contribution >= 0.6 is 11.3 Å². The van der Waals surface area contributed by atoms with Crippen LogP contribution in [0.5, 0.6) is 0 Å². The molecule has 0 saturated heterocycles. The Morgan fingerprint density at radius 3 is 2.21 bits per heavy atom. The highest BCUT2D eigenvalue weighted by Gasteiger charge is 2.28. The van der Waals surface area contributed by atoms with Gasteiger partial charge < -0.3 is 15.4 Å². The fraction of sp³-hybridized carbons (Fsp3) is 0.370. The monoisotopic (exact) mass is 574 g/mol. The molecule has 39 heavy (non-hydrogen) atoms. The molecule has 0 bridgehead atoms. The van der Waals surface area contributed by atoms with Crippen LogP contribution in [-0.2, 0) is 39.1 Å². The van der Waals surface area contributed by atoms with Gasteiger partial charge in [0.25, 0.3) is 0 Å². The molecule has 12 heteroatoms. The summed E-state index contributed by atoms with van der Waals surface area (Å²) in [7, 11) is -4.39. The van der Waals surface area contributed by atoms with Gasteiger partial charge in [0.1, 0.15) is 16.7 Å². The van der Waals surface area contributed by atoms with Gasteiger partial charge in [0, 0.05) is 11.8 Å². The average molecular weight is 575 g/mol. The predicted molar refractivity (Wildman–Crippen MR) is 151 cm³/mol. The van der Waals surface area contributed by atoms with Crippen LogP contribution in [0.1, 0.15) is 55.6 Å². The number of anilines is 1. The molecular weight excluding hydrogens is 540 g/mol. The molecule has 3 aromatic rings. The molecule has 4 N–H and O–H groups in total. The largest absolute Gasteiger partial charge is 0.444 e. The molecule has 0 fully saturated rings. The minimum atomic E-state index is -4.39. The van der Waals surface area contributed by atoms with E-state index in [0.29, 0.717) is 11.4 Å². The highest BCUT2D eigenvalue weighted by molar-refractivity contribution is 7.87. The maximum Gasteiger partial charge on any atom is 0.408 e. The second-order valence-electron chi connectivity index (χ2n) is 9.96. The summed E-state index contributed by atoms with van der Waals surface area (Å²) in [5.74, 6) is -0.396. The van der Waals surface area contributed by atoms with Crippen molar-refractivity contribution >= 4 is 39.3 Å². The molecule has 0 saturated carbocycles. The molecule has 2 atom stereocenters. The third-order valence-electron chi connectivity index (χ3n) is 5.48. The summed E-state index contributed by atoms with van der Waals surface area (Å²) in [6.45, 7) is 7.24. The van der Waals surface area contributed by atoms with Crippen molar-refractivity contribution in [3.8, 4) is 0 Å². The molecular formula is C27H34N4O6S2. The first-order chi connectivity index (χ1) is 18.3.